The summed E-state index contributed by atoms with van der Waals surface area (Å²) in [5.74, 6) is 0.760. The van der Waals surface area contributed by atoms with E-state index in [2.05, 4.69) is 15.6 Å². The minimum atomic E-state index is -3.15. The second-order valence-electron chi connectivity index (χ2n) is 6.79. The average molecular weight is 495 g/mol. The van der Waals surface area contributed by atoms with Crippen molar-refractivity contribution >= 4 is 39.8 Å². The van der Waals surface area contributed by atoms with Crippen molar-refractivity contribution in [2.24, 2.45) is 10.4 Å². The zero-order chi connectivity index (χ0) is 18.3. The molecule has 8 heteroatoms. The van der Waals surface area contributed by atoms with Gasteiger partial charge in [0.1, 0.15) is 0 Å². The van der Waals surface area contributed by atoms with Crippen molar-refractivity contribution in [2.75, 3.05) is 33.6 Å². The second kappa shape index (κ2) is 10.5. The normalized spacial score (nSPS) is 16.3. The van der Waals surface area contributed by atoms with E-state index in [1.165, 1.54) is 25.5 Å². The summed E-state index contributed by atoms with van der Waals surface area (Å²) in [6.07, 6.45) is 6.02. The third kappa shape index (κ3) is 6.70. The van der Waals surface area contributed by atoms with Gasteiger partial charge in [-0.05, 0) is 42.4 Å². The van der Waals surface area contributed by atoms with E-state index in [0.29, 0.717) is 16.9 Å². The first-order chi connectivity index (χ1) is 11.9. The number of methoxy groups -OCH3 is 1. The van der Waals surface area contributed by atoms with Crippen LogP contribution in [-0.2, 0) is 21.1 Å². The number of sulfone groups is 1. The predicted molar refractivity (Wildman–Crippen MR) is 116 cm³/mol. The van der Waals surface area contributed by atoms with Crippen molar-refractivity contribution in [3.63, 3.8) is 0 Å². The van der Waals surface area contributed by atoms with E-state index >= 15 is 0 Å². The number of nitrogens with zero attached hydrogens (tertiary/aromatic N) is 1. The molecule has 0 heterocycles. The number of benzene rings is 1. The number of hydrogen-bond donors (Lipinski definition) is 2. The van der Waals surface area contributed by atoms with Gasteiger partial charge in [-0.2, -0.15) is 0 Å². The highest BCUT2D eigenvalue weighted by Crippen LogP contribution is 2.43. The van der Waals surface area contributed by atoms with Gasteiger partial charge in [0.15, 0.2) is 15.8 Å². The molecule has 1 fully saturated rings. The zero-order valence-corrected chi connectivity index (χ0v) is 18.9. The van der Waals surface area contributed by atoms with E-state index in [4.69, 9.17) is 4.74 Å². The Morgan fingerprint density at radius 3 is 2.35 bits per heavy atom. The molecule has 1 aromatic carbocycles. The van der Waals surface area contributed by atoms with Crippen LogP contribution in [0.15, 0.2) is 34.2 Å². The maximum atomic E-state index is 11.5. The Morgan fingerprint density at radius 2 is 1.88 bits per heavy atom. The van der Waals surface area contributed by atoms with E-state index < -0.39 is 9.84 Å². The van der Waals surface area contributed by atoms with Crippen LogP contribution in [0, 0.1) is 5.41 Å². The Hall–Kier alpha value is -0.870. The highest BCUT2D eigenvalue weighted by molar-refractivity contribution is 14.0. The minimum absolute atomic E-state index is 0. The molecule has 6 nitrogen and oxygen atoms in total. The number of ether oxygens (including phenoxy) is 1. The van der Waals surface area contributed by atoms with Gasteiger partial charge in [0.2, 0.25) is 0 Å². The lowest BCUT2D eigenvalue weighted by molar-refractivity contribution is 0.0732. The maximum Gasteiger partial charge on any atom is 0.191 e. The van der Waals surface area contributed by atoms with E-state index in [9.17, 15) is 8.42 Å². The van der Waals surface area contributed by atoms with Crippen molar-refractivity contribution < 1.29 is 13.2 Å². The third-order valence-corrected chi connectivity index (χ3v) is 6.05. The molecular formula is C18H30IN3O3S. The highest BCUT2D eigenvalue weighted by Gasteiger charge is 2.36. The van der Waals surface area contributed by atoms with Crippen molar-refractivity contribution in [3.05, 3.63) is 29.8 Å². The Bertz CT molecular complexity index is 686. The molecule has 1 aromatic rings. The summed E-state index contributed by atoms with van der Waals surface area (Å²) in [6, 6.07) is 6.92. The first-order valence-corrected chi connectivity index (χ1v) is 10.5. The average Bonchev–Trinajstić information content (AvgIpc) is 2.55. The van der Waals surface area contributed by atoms with Gasteiger partial charge in [-0.25, -0.2) is 8.42 Å². The van der Waals surface area contributed by atoms with E-state index in [0.717, 1.165) is 31.1 Å². The monoisotopic (exact) mass is 495 g/mol. The minimum Gasteiger partial charge on any atom is -0.385 e. The van der Waals surface area contributed by atoms with Gasteiger partial charge in [-0.1, -0.05) is 18.6 Å². The van der Waals surface area contributed by atoms with Crippen LogP contribution in [0.2, 0.25) is 0 Å². The van der Waals surface area contributed by atoms with Crippen LogP contribution in [0.3, 0.4) is 0 Å². The predicted octanol–water partition coefficient (Wildman–Crippen LogP) is 2.58. The lowest BCUT2D eigenvalue weighted by atomic mass is 9.67. The summed E-state index contributed by atoms with van der Waals surface area (Å²) < 4.78 is 28.2. The van der Waals surface area contributed by atoms with Gasteiger partial charge in [0, 0.05) is 40.1 Å². The molecule has 0 spiro atoms. The second-order valence-corrected chi connectivity index (χ2v) is 8.81. The standard InChI is InChI=1S/C18H29N3O3S.HI/c1-19-17(21-14-18(9-4-10-18)11-12-24-2)20-13-15-5-7-16(8-6-15)25(3,22)23;/h5-8H,4,9-14H2,1-3H3,(H2,19,20,21);1H. The molecule has 1 aliphatic carbocycles. The Morgan fingerprint density at radius 1 is 1.23 bits per heavy atom. The van der Waals surface area contributed by atoms with Crippen LogP contribution < -0.4 is 10.6 Å². The zero-order valence-electron chi connectivity index (χ0n) is 15.7. The number of halogens is 1. The molecule has 0 atom stereocenters. The van der Waals surface area contributed by atoms with Gasteiger partial charge >= 0.3 is 0 Å². The molecule has 0 unspecified atom stereocenters. The summed E-state index contributed by atoms with van der Waals surface area (Å²) in [5, 5.41) is 6.69. The lowest BCUT2D eigenvalue weighted by Crippen LogP contribution is -2.46. The number of nitrogens with one attached hydrogen (secondary N) is 2. The summed E-state index contributed by atoms with van der Waals surface area (Å²) in [5.41, 5.74) is 1.33. The molecular weight excluding hydrogens is 465 g/mol. The highest BCUT2D eigenvalue weighted by atomic mass is 127. The van der Waals surface area contributed by atoms with Gasteiger partial charge in [-0.3, -0.25) is 4.99 Å². The largest absolute Gasteiger partial charge is 0.385 e. The Kier molecular flexibility index (Phi) is 9.32. The van der Waals surface area contributed by atoms with Gasteiger partial charge in [-0.15, -0.1) is 24.0 Å². The van der Waals surface area contributed by atoms with Crippen LogP contribution in [0.4, 0.5) is 0 Å². The number of rotatable bonds is 8. The summed E-state index contributed by atoms with van der Waals surface area (Å²) >= 11 is 0. The van der Waals surface area contributed by atoms with Crippen LogP contribution >= 0.6 is 24.0 Å². The smallest absolute Gasteiger partial charge is 0.191 e. The van der Waals surface area contributed by atoms with Crippen LogP contribution in [0.1, 0.15) is 31.2 Å². The molecule has 0 radical (unpaired) electrons. The summed E-state index contributed by atoms with van der Waals surface area (Å²) in [7, 11) is 0.349. The van der Waals surface area contributed by atoms with E-state index in [-0.39, 0.29) is 24.0 Å². The third-order valence-electron chi connectivity index (χ3n) is 4.92. The molecule has 1 saturated carbocycles. The van der Waals surface area contributed by atoms with Gasteiger partial charge in [0.05, 0.1) is 4.90 Å². The first kappa shape index (κ1) is 23.2. The molecule has 0 aliphatic heterocycles. The molecule has 0 amide bonds. The van der Waals surface area contributed by atoms with Crippen LogP contribution in [-0.4, -0.2) is 47.9 Å². The van der Waals surface area contributed by atoms with Crippen molar-refractivity contribution in [3.8, 4) is 0 Å². The topological polar surface area (TPSA) is 79.8 Å². The van der Waals surface area contributed by atoms with Gasteiger partial charge in [0.25, 0.3) is 0 Å². The van der Waals surface area contributed by atoms with E-state index in [1.54, 1.807) is 26.3 Å². The van der Waals surface area contributed by atoms with Gasteiger partial charge < -0.3 is 15.4 Å². The number of aliphatic imine (C=N–C) groups is 1. The molecule has 2 N–H and O–H groups in total. The SMILES string of the molecule is CN=C(NCc1ccc(S(C)(=O)=O)cc1)NCC1(CCOC)CCC1.I. The lowest BCUT2D eigenvalue weighted by Gasteiger charge is -2.42. The van der Waals surface area contributed by atoms with Crippen molar-refractivity contribution in [2.45, 2.75) is 37.1 Å². The number of guanidine groups is 1. The maximum absolute atomic E-state index is 11.5. The molecule has 0 aromatic heterocycles. The molecule has 1 aliphatic rings. The molecule has 2 rings (SSSR count). The molecule has 148 valence electrons. The number of hydrogen-bond acceptors (Lipinski definition) is 4. The molecule has 26 heavy (non-hydrogen) atoms. The molecule has 0 bridgehead atoms. The first-order valence-electron chi connectivity index (χ1n) is 8.61. The van der Waals surface area contributed by atoms with Crippen LogP contribution in [0.25, 0.3) is 0 Å². The Balaban J connectivity index is 0.00000338. The van der Waals surface area contributed by atoms with Crippen molar-refractivity contribution in [1.82, 2.24) is 10.6 Å². The quantitative estimate of drug-likeness (QED) is 0.329. The Labute approximate surface area is 174 Å². The fraction of sp³-hybridized carbons (Fsp3) is 0.611. The fourth-order valence-electron chi connectivity index (χ4n) is 3.04. The molecule has 0 saturated heterocycles. The van der Waals surface area contributed by atoms with Crippen molar-refractivity contribution in [1.29, 1.82) is 0 Å². The van der Waals surface area contributed by atoms with Crippen LogP contribution in [0.5, 0.6) is 0 Å². The fourth-order valence-corrected chi connectivity index (χ4v) is 3.67. The summed E-state index contributed by atoms with van der Waals surface area (Å²) in [4.78, 5) is 4.61. The van der Waals surface area contributed by atoms with E-state index in [1.807, 2.05) is 12.1 Å². The summed E-state index contributed by atoms with van der Waals surface area (Å²) in [6.45, 7) is 2.28.